The number of methoxy groups -OCH3 is 2. The van der Waals surface area contributed by atoms with Crippen LogP contribution in [-0.4, -0.2) is 37.2 Å². The van der Waals surface area contributed by atoms with Crippen LogP contribution in [-0.2, 0) is 30.3 Å². The molecule has 0 spiro atoms. The number of carboxylic acids is 1. The van der Waals surface area contributed by atoms with Gasteiger partial charge in [-0.3, -0.25) is 4.79 Å². The van der Waals surface area contributed by atoms with Gasteiger partial charge in [0, 0.05) is 12.1 Å². The minimum atomic E-state index is -0.865. The first-order chi connectivity index (χ1) is 10.5. The van der Waals surface area contributed by atoms with Crippen LogP contribution in [0.3, 0.4) is 0 Å². The highest BCUT2D eigenvalue weighted by Gasteiger charge is 2.12. The molecule has 0 aromatic heterocycles. The normalized spacial score (nSPS) is 10.7. The van der Waals surface area contributed by atoms with Crippen LogP contribution in [0.1, 0.15) is 12.0 Å². The smallest absolute Gasteiger partial charge is 0.354 e. The lowest BCUT2D eigenvalue weighted by atomic mass is 10.1. The predicted molar refractivity (Wildman–Crippen MR) is 78.1 cm³/mol. The van der Waals surface area contributed by atoms with Crippen LogP contribution in [0.15, 0.2) is 36.0 Å². The van der Waals surface area contributed by atoms with Gasteiger partial charge in [-0.25, -0.2) is 9.59 Å². The third-order valence-corrected chi connectivity index (χ3v) is 2.73. The van der Waals surface area contributed by atoms with E-state index in [1.54, 1.807) is 24.3 Å². The summed E-state index contributed by atoms with van der Waals surface area (Å²) in [6.07, 6.45) is 1.45. The fourth-order valence-corrected chi connectivity index (χ4v) is 1.59. The molecule has 0 radical (unpaired) electrons. The van der Waals surface area contributed by atoms with Crippen molar-refractivity contribution in [1.29, 1.82) is 0 Å². The lowest BCUT2D eigenvalue weighted by molar-refractivity contribution is -0.138. The highest BCUT2D eigenvalue weighted by Crippen LogP contribution is 2.14. The topological polar surface area (TPSA) is 102 Å². The van der Waals surface area contributed by atoms with Crippen LogP contribution in [0.5, 0.6) is 0 Å². The van der Waals surface area contributed by atoms with E-state index in [0.717, 1.165) is 11.6 Å². The molecule has 2 N–H and O–H groups in total. The third kappa shape index (κ3) is 5.66. The van der Waals surface area contributed by atoms with Crippen molar-refractivity contribution < 1.29 is 29.0 Å². The second-order valence-electron chi connectivity index (χ2n) is 4.29. The zero-order chi connectivity index (χ0) is 16.5. The Kier molecular flexibility index (Phi) is 6.62. The van der Waals surface area contributed by atoms with Crippen molar-refractivity contribution in [2.75, 3.05) is 19.5 Å². The van der Waals surface area contributed by atoms with Crippen molar-refractivity contribution in [2.45, 2.75) is 12.8 Å². The van der Waals surface area contributed by atoms with Gasteiger partial charge in [0.05, 0.1) is 20.3 Å². The average Bonchev–Trinajstić information content (AvgIpc) is 2.52. The molecule has 118 valence electrons. The van der Waals surface area contributed by atoms with Gasteiger partial charge in [0.2, 0.25) is 0 Å². The first-order valence-corrected chi connectivity index (χ1v) is 6.42. The van der Waals surface area contributed by atoms with Crippen LogP contribution >= 0.6 is 0 Å². The summed E-state index contributed by atoms with van der Waals surface area (Å²) in [5, 5.41) is 11.4. The lowest BCUT2D eigenvalue weighted by Crippen LogP contribution is -2.15. The van der Waals surface area contributed by atoms with E-state index in [2.05, 4.69) is 14.8 Å². The third-order valence-electron chi connectivity index (χ3n) is 2.73. The molecule has 0 fully saturated rings. The monoisotopic (exact) mass is 307 g/mol. The maximum absolute atomic E-state index is 11.6. The van der Waals surface area contributed by atoms with Crippen LogP contribution in [0.2, 0.25) is 0 Å². The summed E-state index contributed by atoms with van der Waals surface area (Å²) < 4.78 is 9.04. The van der Waals surface area contributed by atoms with Crippen molar-refractivity contribution in [1.82, 2.24) is 0 Å². The second-order valence-corrected chi connectivity index (χ2v) is 4.29. The fourth-order valence-electron chi connectivity index (χ4n) is 1.59. The van der Waals surface area contributed by atoms with Gasteiger partial charge in [-0.05, 0) is 24.1 Å². The average molecular weight is 307 g/mol. The maximum atomic E-state index is 11.6. The lowest BCUT2D eigenvalue weighted by Gasteiger charge is -2.09. The quantitative estimate of drug-likeness (QED) is 0.579. The fraction of sp³-hybridized carbons (Fsp3) is 0.267. The van der Waals surface area contributed by atoms with Crippen LogP contribution in [0, 0.1) is 0 Å². The molecule has 0 saturated carbocycles. The van der Waals surface area contributed by atoms with E-state index < -0.39 is 17.9 Å². The van der Waals surface area contributed by atoms with Gasteiger partial charge in [0.25, 0.3) is 0 Å². The summed E-state index contributed by atoms with van der Waals surface area (Å²) in [4.78, 5) is 33.3. The molecule has 0 aliphatic heterocycles. The zero-order valence-corrected chi connectivity index (χ0v) is 12.3. The molecular formula is C15H17NO6. The van der Waals surface area contributed by atoms with Crippen molar-refractivity contribution in [3.63, 3.8) is 0 Å². The molecule has 1 aromatic carbocycles. The van der Waals surface area contributed by atoms with Gasteiger partial charge in [-0.1, -0.05) is 12.1 Å². The Balaban J connectivity index is 2.81. The van der Waals surface area contributed by atoms with Gasteiger partial charge < -0.3 is 19.9 Å². The maximum Gasteiger partial charge on any atom is 0.354 e. The van der Waals surface area contributed by atoms with Gasteiger partial charge in [0.15, 0.2) is 0 Å². The van der Waals surface area contributed by atoms with Crippen LogP contribution in [0.4, 0.5) is 5.69 Å². The van der Waals surface area contributed by atoms with Crippen molar-refractivity contribution in [2.24, 2.45) is 0 Å². The van der Waals surface area contributed by atoms with E-state index in [9.17, 15) is 14.4 Å². The summed E-state index contributed by atoms with van der Waals surface area (Å²) >= 11 is 0. The summed E-state index contributed by atoms with van der Waals surface area (Å²) in [6.45, 7) is 0. The SMILES string of the molecule is COC(=O)/C=C(/Nc1ccc(CCC(=O)O)cc1)C(=O)OC. The van der Waals surface area contributed by atoms with Gasteiger partial charge >= 0.3 is 17.9 Å². The number of anilines is 1. The van der Waals surface area contributed by atoms with Crippen molar-refractivity contribution in [3.05, 3.63) is 41.6 Å². The van der Waals surface area contributed by atoms with Crippen molar-refractivity contribution >= 4 is 23.6 Å². The number of benzene rings is 1. The van der Waals surface area contributed by atoms with E-state index in [4.69, 9.17) is 5.11 Å². The van der Waals surface area contributed by atoms with Crippen LogP contribution in [0.25, 0.3) is 0 Å². The minimum Gasteiger partial charge on any atom is -0.481 e. The zero-order valence-electron chi connectivity index (χ0n) is 12.3. The first kappa shape index (κ1) is 17.2. The standard InChI is InChI=1S/C15H17NO6/c1-21-14(19)9-12(15(20)22-2)16-11-6-3-10(4-7-11)5-8-13(17)18/h3-4,6-7,9,16H,5,8H2,1-2H3,(H,17,18)/b12-9+. The molecule has 0 amide bonds. The Hall–Kier alpha value is -2.83. The van der Waals surface area contributed by atoms with Gasteiger partial charge in [0.1, 0.15) is 5.70 Å². The summed E-state index contributed by atoms with van der Waals surface area (Å²) in [5.41, 5.74) is 1.34. The molecule has 0 aliphatic rings. The summed E-state index contributed by atoms with van der Waals surface area (Å²) in [6, 6.07) is 6.81. The molecule has 0 saturated heterocycles. The molecule has 7 heteroatoms. The number of rotatable bonds is 7. The predicted octanol–water partition coefficient (Wildman–Crippen LogP) is 1.35. The number of carbonyl (C=O) groups is 3. The number of aryl methyl sites for hydroxylation is 1. The Labute approximate surface area is 127 Å². The van der Waals surface area contributed by atoms with Crippen LogP contribution < -0.4 is 5.32 Å². The minimum absolute atomic E-state index is 0.0441. The second kappa shape index (κ2) is 8.46. The van der Waals surface area contributed by atoms with E-state index in [0.29, 0.717) is 12.1 Å². The van der Waals surface area contributed by atoms with Gasteiger partial charge in [-0.15, -0.1) is 0 Å². The molecule has 1 aromatic rings. The van der Waals surface area contributed by atoms with E-state index in [1.807, 2.05) is 0 Å². The molecule has 7 nitrogen and oxygen atoms in total. The summed E-state index contributed by atoms with van der Waals surface area (Å²) in [7, 11) is 2.40. The highest BCUT2D eigenvalue weighted by molar-refractivity contribution is 5.98. The Morgan fingerprint density at radius 2 is 1.77 bits per heavy atom. The number of esters is 2. The molecule has 0 aliphatic carbocycles. The van der Waals surface area contributed by atoms with E-state index in [1.165, 1.54) is 14.2 Å². The van der Waals surface area contributed by atoms with Gasteiger partial charge in [-0.2, -0.15) is 0 Å². The summed E-state index contributed by atoms with van der Waals surface area (Å²) in [5.74, 6) is -2.26. The number of carboxylic acid groups (broad SMARTS) is 1. The molecule has 0 bridgehead atoms. The first-order valence-electron chi connectivity index (χ1n) is 6.42. The number of ether oxygens (including phenoxy) is 2. The largest absolute Gasteiger partial charge is 0.481 e. The molecule has 0 heterocycles. The number of hydrogen-bond donors (Lipinski definition) is 2. The Morgan fingerprint density at radius 3 is 2.27 bits per heavy atom. The highest BCUT2D eigenvalue weighted by atomic mass is 16.5. The van der Waals surface area contributed by atoms with Crippen molar-refractivity contribution in [3.8, 4) is 0 Å². The number of carbonyl (C=O) groups excluding carboxylic acids is 2. The van der Waals surface area contributed by atoms with E-state index in [-0.39, 0.29) is 12.1 Å². The molecule has 22 heavy (non-hydrogen) atoms. The Morgan fingerprint density at radius 1 is 1.14 bits per heavy atom. The molecule has 0 atom stereocenters. The number of hydrogen-bond acceptors (Lipinski definition) is 6. The van der Waals surface area contributed by atoms with E-state index >= 15 is 0 Å². The Bertz CT molecular complexity index is 576. The molecular weight excluding hydrogens is 290 g/mol. The number of nitrogens with one attached hydrogen (secondary N) is 1. The molecule has 0 unspecified atom stereocenters. The molecule has 1 rings (SSSR count). The number of aliphatic carboxylic acids is 1.